The molecular weight excluding hydrogens is 444 g/mol. The molecular formula is C20H13BrN2O4S. The Morgan fingerprint density at radius 1 is 1.18 bits per heavy atom. The Labute approximate surface area is 171 Å². The van der Waals surface area contributed by atoms with Crippen molar-refractivity contribution >= 4 is 43.9 Å². The molecule has 0 N–H and O–H groups in total. The quantitative estimate of drug-likeness (QED) is 0.219. The van der Waals surface area contributed by atoms with Gasteiger partial charge in [-0.1, -0.05) is 35.0 Å². The van der Waals surface area contributed by atoms with Crippen LogP contribution in [0.5, 0.6) is 0 Å². The fourth-order valence-electron chi connectivity index (χ4n) is 2.91. The van der Waals surface area contributed by atoms with Gasteiger partial charge in [-0.15, -0.1) is 11.3 Å². The standard InChI is InChI=1S/C20H13BrN2O4S/c1-2-17-18(11-3-5-13(21)6-4-11)22-19(28-17)15-10-12-9-14(23(25)26)7-8-16(12)27-20(15)24/h3-10H,2H2,1H3. The molecule has 0 aliphatic rings. The Morgan fingerprint density at radius 3 is 2.61 bits per heavy atom. The lowest BCUT2D eigenvalue weighted by molar-refractivity contribution is -0.384. The second-order valence-corrected chi connectivity index (χ2v) is 8.08. The summed E-state index contributed by atoms with van der Waals surface area (Å²) in [4.78, 5) is 28.8. The van der Waals surface area contributed by atoms with E-state index in [0.717, 1.165) is 27.0 Å². The highest BCUT2D eigenvalue weighted by molar-refractivity contribution is 9.10. The number of thiazole rings is 1. The monoisotopic (exact) mass is 456 g/mol. The summed E-state index contributed by atoms with van der Waals surface area (Å²) < 4.78 is 6.34. The fourth-order valence-corrected chi connectivity index (χ4v) is 4.20. The Balaban J connectivity index is 1.87. The summed E-state index contributed by atoms with van der Waals surface area (Å²) in [6.45, 7) is 2.03. The van der Waals surface area contributed by atoms with Crippen molar-refractivity contribution in [3.63, 3.8) is 0 Å². The molecule has 2 aromatic heterocycles. The van der Waals surface area contributed by atoms with E-state index in [-0.39, 0.29) is 5.69 Å². The number of non-ortho nitro benzene ring substituents is 1. The third-order valence-electron chi connectivity index (χ3n) is 4.29. The van der Waals surface area contributed by atoms with Crippen molar-refractivity contribution in [2.24, 2.45) is 0 Å². The van der Waals surface area contributed by atoms with E-state index in [0.29, 0.717) is 21.5 Å². The maximum absolute atomic E-state index is 12.5. The molecule has 0 fully saturated rings. The van der Waals surface area contributed by atoms with Crippen LogP contribution in [0.3, 0.4) is 0 Å². The molecule has 0 bridgehead atoms. The zero-order valence-corrected chi connectivity index (χ0v) is 17.0. The molecule has 0 aliphatic carbocycles. The number of rotatable bonds is 4. The molecule has 140 valence electrons. The Morgan fingerprint density at radius 2 is 1.93 bits per heavy atom. The average molecular weight is 457 g/mol. The van der Waals surface area contributed by atoms with E-state index >= 15 is 0 Å². The third kappa shape index (κ3) is 3.36. The molecule has 0 saturated heterocycles. The Hall–Kier alpha value is -2.84. The molecule has 6 nitrogen and oxygen atoms in total. The first kappa shape index (κ1) is 18.5. The van der Waals surface area contributed by atoms with Crippen LogP contribution in [-0.2, 0) is 6.42 Å². The van der Waals surface area contributed by atoms with Crippen molar-refractivity contribution < 1.29 is 9.34 Å². The van der Waals surface area contributed by atoms with Gasteiger partial charge in [-0.3, -0.25) is 10.1 Å². The molecule has 0 atom stereocenters. The number of aromatic nitrogens is 1. The van der Waals surface area contributed by atoms with Crippen LogP contribution >= 0.6 is 27.3 Å². The van der Waals surface area contributed by atoms with E-state index < -0.39 is 10.5 Å². The first-order valence-corrected chi connectivity index (χ1v) is 10.1. The van der Waals surface area contributed by atoms with E-state index in [1.807, 2.05) is 31.2 Å². The van der Waals surface area contributed by atoms with Crippen LogP contribution in [0, 0.1) is 10.1 Å². The smallest absolute Gasteiger partial charge is 0.346 e. The largest absolute Gasteiger partial charge is 0.422 e. The van der Waals surface area contributed by atoms with Crippen molar-refractivity contribution in [3.8, 4) is 21.8 Å². The molecule has 2 heterocycles. The average Bonchev–Trinajstić information content (AvgIpc) is 3.11. The molecule has 0 radical (unpaired) electrons. The Bertz CT molecular complexity index is 1260. The normalized spacial score (nSPS) is 11.1. The van der Waals surface area contributed by atoms with Gasteiger partial charge in [0.2, 0.25) is 0 Å². The first-order valence-electron chi connectivity index (χ1n) is 8.44. The van der Waals surface area contributed by atoms with Gasteiger partial charge in [0.05, 0.1) is 16.2 Å². The van der Waals surface area contributed by atoms with Gasteiger partial charge in [-0.2, -0.15) is 0 Å². The molecule has 4 aromatic rings. The molecule has 28 heavy (non-hydrogen) atoms. The zero-order chi connectivity index (χ0) is 19.8. The molecule has 0 aliphatic heterocycles. The SMILES string of the molecule is CCc1sc(-c2cc3cc([N+](=O)[O-])ccc3oc2=O)nc1-c1ccc(Br)cc1. The lowest BCUT2D eigenvalue weighted by Gasteiger charge is -2.00. The van der Waals surface area contributed by atoms with Crippen LogP contribution in [0.15, 0.2) is 62.2 Å². The van der Waals surface area contributed by atoms with Gasteiger partial charge in [0.1, 0.15) is 10.6 Å². The van der Waals surface area contributed by atoms with Crippen molar-refractivity contribution in [2.45, 2.75) is 13.3 Å². The van der Waals surface area contributed by atoms with Crippen molar-refractivity contribution in [2.75, 3.05) is 0 Å². The summed E-state index contributed by atoms with van der Waals surface area (Å²) >= 11 is 4.85. The van der Waals surface area contributed by atoms with E-state index in [4.69, 9.17) is 4.42 Å². The molecule has 2 aromatic carbocycles. The number of halogens is 1. The zero-order valence-electron chi connectivity index (χ0n) is 14.6. The van der Waals surface area contributed by atoms with E-state index in [9.17, 15) is 14.9 Å². The molecule has 0 saturated carbocycles. The van der Waals surface area contributed by atoms with Crippen LogP contribution in [0.2, 0.25) is 0 Å². The lowest BCUT2D eigenvalue weighted by Crippen LogP contribution is -2.02. The highest BCUT2D eigenvalue weighted by Crippen LogP contribution is 2.34. The van der Waals surface area contributed by atoms with Crippen LogP contribution in [0.1, 0.15) is 11.8 Å². The third-order valence-corrected chi connectivity index (χ3v) is 6.05. The van der Waals surface area contributed by atoms with Crippen LogP contribution < -0.4 is 5.63 Å². The number of nitro groups is 1. The van der Waals surface area contributed by atoms with Gasteiger partial charge >= 0.3 is 5.63 Å². The van der Waals surface area contributed by atoms with Crippen LogP contribution in [-0.4, -0.2) is 9.91 Å². The minimum Gasteiger partial charge on any atom is -0.422 e. The number of benzene rings is 2. The summed E-state index contributed by atoms with van der Waals surface area (Å²) in [7, 11) is 0. The lowest BCUT2D eigenvalue weighted by atomic mass is 10.1. The number of nitro benzene ring substituents is 1. The topological polar surface area (TPSA) is 86.2 Å². The van der Waals surface area contributed by atoms with Crippen molar-refractivity contribution in [1.29, 1.82) is 0 Å². The number of hydrogen-bond donors (Lipinski definition) is 0. The summed E-state index contributed by atoms with van der Waals surface area (Å²) in [5.41, 5.74) is 1.82. The predicted octanol–water partition coefficient (Wildman–Crippen LogP) is 5.82. The molecule has 8 heteroatoms. The van der Waals surface area contributed by atoms with Gasteiger partial charge in [0.25, 0.3) is 5.69 Å². The summed E-state index contributed by atoms with van der Waals surface area (Å²) in [6.07, 6.45) is 0.771. The molecule has 0 unspecified atom stereocenters. The van der Waals surface area contributed by atoms with E-state index in [1.54, 1.807) is 6.07 Å². The summed E-state index contributed by atoms with van der Waals surface area (Å²) in [5, 5.41) is 12.1. The van der Waals surface area contributed by atoms with Gasteiger partial charge in [-0.05, 0) is 30.7 Å². The Kier molecular flexibility index (Phi) is 4.82. The number of fused-ring (bicyclic) bond motifs is 1. The second kappa shape index (κ2) is 7.29. The highest BCUT2D eigenvalue weighted by Gasteiger charge is 2.18. The van der Waals surface area contributed by atoms with Gasteiger partial charge < -0.3 is 4.42 Å². The fraction of sp³-hybridized carbons (Fsp3) is 0.100. The minimum atomic E-state index is -0.514. The maximum Gasteiger partial charge on any atom is 0.346 e. The number of nitrogens with zero attached hydrogens (tertiary/aromatic N) is 2. The predicted molar refractivity (Wildman–Crippen MR) is 113 cm³/mol. The highest BCUT2D eigenvalue weighted by atomic mass is 79.9. The molecule has 0 amide bonds. The van der Waals surface area contributed by atoms with Gasteiger partial charge in [0.15, 0.2) is 0 Å². The molecule has 4 rings (SSSR count). The molecule has 0 spiro atoms. The van der Waals surface area contributed by atoms with Crippen molar-refractivity contribution in [3.05, 3.63) is 78.4 Å². The summed E-state index contributed by atoms with van der Waals surface area (Å²) in [6, 6.07) is 13.6. The van der Waals surface area contributed by atoms with E-state index in [1.165, 1.54) is 29.5 Å². The number of aryl methyl sites for hydroxylation is 1. The number of hydrogen-bond acceptors (Lipinski definition) is 6. The second-order valence-electron chi connectivity index (χ2n) is 6.08. The van der Waals surface area contributed by atoms with E-state index in [2.05, 4.69) is 20.9 Å². The minimum absolute atomic E-state index is 0.0590. The van der Waals surface area contributed by atoms with Crippen LogP contribution in [0.4, 0.5) is 5.69 Å². The first-order chi connectivity index (χ1) is 13.5. The van der Waals surface area contributed by atoms with Gasteiger partial charge in [-0.25, -0.2) is 9.78 Å². The maximum atomic E-state index is 12.5. The van der Waals surface area contributed by atoms with Crippen LogP contribution in [0.25, 0.3) is 32.8 Å². The van der Waals surface area contributed by atoms with Crippen molar-refractivity contribution in [1.82, 2.24) is 4.98 Å². The summed E-state index contributed by atoms with van der Waals surface area (Å²) in [5.74, 6) is 0. The van der Waals surface area contributed by atoms with Gasteiger partial charge in [0, 0.05) is 32.4 Å².